The molecule has 0 radical (unpaired) electrons. The Bertz CT molecular complexity index is 855. The Hall–Kier alpha value is -1.49. The highest BCUT2D eigenvalue weighted by atomic mass is 32.2. The number of aromatic nitrogens is 1. The topological polar surface area (TPSA) is 105 Å². The van der Waals surface area contributed by atoms with Crippen molar-refractivity contribution in [2.75, 3.05) is 39.6 Å². The molecule has 1 saturated carbocycles. The van der Waals surface area contributed by atoms with Gasteiger partial charge in [0.15, 0.2) is 5.69 Å². The van der Waals surface area contributed by atoms with Crippen LogP contribution in [0, 0.1) is 0 Å². The van der Waals surface area contributed by atoms with Gasteiger partial charge in [0.2, 0.25) is 10.0 Å². The number of hydrogen-bond donors (Lipinski definition) is 1. The van der Waals surface area contributed by atoms with Gasteiger partial charge in [-0.05, 0) is 58.5 Å². The summed E-state index contributed by atoms with van der Waals surface area (Å²) in [5, 5.41) is 6.97. The SMILES string of the molecule is COCCN(C)CCCS(=O)(=O)N1[C@@H]2CC[C@H]1CC(NC(=O)c1cc(C3CC3)on1)C2. The monoisotopic (exact) mass is 454 g/mol. The summed E-state index contributed by atoms with van der Waals surface area (Å²) in [6.45, 7) is 2.16. The second-order valence-corrected chi connectivity index (χ2v) is 11.2. The van der Waals surface area contributed by atoms with Crippen molar-refractivity contribution in [1.82, 2.24) is 19.7 Å². The zero-order valence-corrected chi connectivity index (χ0v) is 19.3. The third-order valence-corrected chi connectivity index (χ3v) is 8.73. The maximum atomic E-state index is 13.0. The van der Waals surface area contributed by atoms with E-state index in [9.17, 15) is 13.2 Å². The van der Waals surface area contributed by atoms with Gasteiger partial charge in [0, 0.05) is 43.8 Å². The van der Waals surface area contributed by atoms with E-state index >= 15 is 0 Å². The first-order valence-electron chi connectivity index (χ1n) is 11.3. The lowest BCUT2D eigenvalue weighted by Gasteiger charge is -2.38. The summed E-state index contributed by atoms with van der Waals surface area (Å²) in [7, 11) is 0.339. The molecule has 1 aromatic heterocycles. The van der Waals surface area contributed by atoms with Crippen LogP contribution in [0.15, 0.2) is 10.6 Å². The van der Waals surface area contributed by atoms with Crippen LogP contribution in [-0.4, -0.2) is 86.4 Å². The molecule has 3 fully saturated rings. The number of likely N-dealkylation sites (N-methyl/N-ethyl adjacent to an activating group) is 1. The second kappa shape index (κ2) is 9.56. The molecule has 31 heavy (non-hydrogen) atoms. The minimum atomic E-state index is -3.30. The average molecular weight is 455 g/mol. The van der Waals surface area contributed by atoms with Crippen molar-refractivity contribution < 1.29 is 22.5 Å². The van der Waals surface area contributed by atoms with E-state index in [-0.39, 0.29) is 29.8 Å². The zero-order valence-electron chi connectivity index (χ0n) is 18.5. The predicted octanol–water partition coefficient (Wildman–Crippen LogP) is 1.58. The van der Waals surface area contributed by atoms with Gasteiger partial charge >= 0.3 is 0 Å². The number of methoxy groups -OCH3 is 1. The Labute approximate surface area is 184 Å². The van der Waals surface area contributed by atoms with Crippen LogP contribution in [0.1, 0.15) is 67.1 Å². The van der Waals surface area contributed by atoms with Gasteiger partial charge in [-0.25, -0.2) is 8.42 Å². The summed E-state index contributed by atoms with van der Waals surface area (Å²) in [6, 6.07) is 1.65. The number of nitrogens with zero attached hydrogens (tertiary/aromatic N) is 3. The Kier molecular flexibility index (Phi) is 7.00. The van der Waals surface area contributed by atoms with Crippen molar-refractivity contribution in [1.29, 1.82) is 0 Å². The van der Waals surface area contributed by atoms with Crippen molar-refractivity contribution in [2.45, 2.75) is 69.0 Å². The summed E-state index contributed by atoms with van der Waals surface area (Å²) in [5.74, 6) is 1.14. The molecule has 2 aliphatic heterocycles. The van der Waals surface area contributed by atoms with E-state index in [2.05, 4.69) is 15.4 Å². The highest BCUT2D eigenvalue weighted by molar-refractivity contribution is 7.89. The Morgan fingerprint density at radius 2 is 1.97 bits per heavy atom. The number of carbonyl (C=O) groups is 1. The summed E-state index contributed by atoms with van der Waals surface area (Å²) >= 11 is 0. The van der Waals surface area contributed by atoms with Crippen molar-refractivity contribution in [3.63, 3.8) is 0 Å². The molecule has 2 saturated heterocycles. The molecular weight excluding hydrogens is 420 g/mol. The lowest BCUT2D eigenvalue weighted by Crippen LogP contribution is -2.53. The lowest BCUT2D eigenvalue weighted by molar-refractivity contribution is 0.0900. The summed E-state index contributed by atoms with van der Waals surface area (Å²) in [5.41, 5.74) is 0.321. The van der Waals surface area contributed by atoms with Gasteiger partial charge in [-0.1, -0.05) is 5.16 Å². The fourth-order valence-electron chi connectivity index (χ4n) is 4.90. The minimum absolute atomic E-state index is 0.0281. The Morgan fingerprint density at radius 3 is 2.61 bits per heavy atom. The van der Waals surface area contributed by atoms with Crippen LogP contribution in [0.5, 0.6) is 0 Å². The first kappa shape index (κ1) is 22.7. The van der Waals surface area contributed by atoms with Crippen LogP contribution in [0.3, 0.4) is 0 Å². The third-order valence-electron chi connectivity index (χ3n) is 6.68. The van der Waals surface area contributed by atoms with Crippen LogP contribution in [0.4, 0.5) is 0 Å². The second-order valence-electron chi connectivity index (χ2n) is 9.21. The van der Waals surface area contributed by atoms with E-state index in [1.165, 1.54) is 0 Å². The normalized spacial score (nSPS) is 26.5. The lowest BCUT2D eigenvalue weighted by atomic mass is 9.99. The molecule has 10 heteroatoms. The van der Waals surface area contributed by atoms with Crippen LogP contribution < -0.4 is 5.32 Å². The van der Waals surface area contributed by atoms with Crippen LogP contribution >= 0.6 is 0 Å². The summed E-state index contributed by atoms with van der Waals surface area (Å²) in [6.07, 6.45) is 5.82. The van der Waals surface area contributed by atoms with Gasteiger partial charge in [0.05, 0.1) is 12.4 Å². The molecule has 3 atom stereocenters. The summed E-state index contributed by atoms with van der Waals surface area (Å²) in [4.78, 5) is 14.7. The number of ether oxygens (including phenoxy) is 1. The molecular formula is C21H34N4O5S. The van der Waals surface area contributed by atoms with E-state index < -0.39 is 10.0 Å². The zero-order chi connectivity index (χ0) is 22.0. The van der Waals surface area contributed by atoms with E-state index in [1.54, 1.807) is 17.5 Å². The highest BCUT2D eigenvalue weighted by Gasteiger charge is 2.46. The maximum Gasteiger partial charge on any atom is 0.273 e. The van der Waals surface area contributed by atoms with E-state index in [1.807, 2.05) is 7.05 Å². The van der Waals surface area contributed by atoms with Crippen molar-refractivity contribution in [3.8, 4) is 0 Å². The van der Waals surface area contributed by atoms with Gasteiger partial charge in [0.1, 0.15) is 5.76 Å². The first-order valence-corrected chi connectivity index (χ1v) is 12.9. The van der Waals surface area contributed by atoms with Crippen LogP contribution in [-0.2, 0) is 14.8 Å². The van der Waals surface area contributed by atoms with Crippen LogP contribution in [0.25, 0.3) is 0 Å². The quantitative estimate of drug-likeness (QED) is 0.541. The average Bonchev–Trinajstić information content (AvgIpc) is 3.38. The molecule has 3 heterocycles. The molecule has 3 aliphatic rings. The van der Waals surface area contributed by atoms with E-state index in [0.717, 1.165) is 44.5 Å². The molecule has 2 bridgehead atoms. The molecule has 1 amide bonds. The molecule has 1 aliphatic carbocycles. The van der Waals surface area contributed by atoms with E-state index in [4.69, 9.17) is 9.26 Å². The number of sulfonamides is 1. The molecule has 0 aromatic carbocycles. The molecule has 1 aromatic rings. The predicted molar refractivity (Wildman–Crippen MR) is 115 cm³/mol. The number of hydrogen-bond acceptors (Lipinski definition) is 7. The Balaban J connectivity index is 1.28. The number of rotatable bonds is 11. The number of carbonyl (C=O) groups excluding carboxylic acids is 1. The van der Waals surface area contributed by atoms with Crippen molar-refractivity contribution in [3.05, 3.63) is 17.5 Å². The largest absolute Gasteiger partial charge is 0.383 e. The summed E-state index contributed by atoms with van der Waals surface area (Å²) < 4.78 is 38.2. The van der Waals surface area contributed by atoms with Crippen molar-refractivity contribution in [2.24, 2.45) is 0 Å². The Morgan fingerprint density at radius 1 is 1.26 bits per heavy atom. The molecule has 174 valence electrons. The molecule has 9 nitrogen and oxygen atoms in total. The highest BCUT2D eigenvalue weighted by Crippen LogP contribution is 2.40. The van der Waals surface area contributed by atoms with Gasteiger partial charge in [-0.15, -0.1) is 0 Å². The molecule has 1 unspecified atom stereocenters. The van der Waals surface area contributed by atoms with Gasteiger partial charge < -0.3 is 19.5 Å². The number of nitrogens with one attached hydrogen (secondary N) is 1. The number of fused-ring (bicyclic) bond motifs is 2. The van der Waals surface area contributed by atoms with Gasteiger partial charge in [-0.3, -0.25) is 4.79 Å². The van der Waals surface area contributed by atoms with Crippen LogP contribution in [0.2, 0.25) is 0 Å². The fraction of sp³-hybridized carbons (Fsp3) is 0.810. The fourth-order valence-corrected chi connectivity index (χ4v) is 6.90. The minimum Gasteiger partial charge on any atom is -0.383 e. The number of piperidine rings is 1. The number of amides is 1. The van der Waals surface area contributed by atoms with Crippen molar-refractivity contribution >= 4 is 15.9 Å². The van der Waals surface area contributed by atoms with E-state index in [0.29, 0.717) is 37.5 Å². The van der Waals surface area contributed by atoms with Gasteiger partial charge in [-0.2, -0.15) is 4.31 Å². The first-order chi connectivity index (χ1) is 14.9. The third kappa shape index (κ3) is 5.47. The smallest absolute Gasteiger partial charge is 0.273 e. The maximum absolute atomic E-state index is 13.0. The van der Waals surface area contributed by atoms with Gasteiger partial charge in [0.25, 0.3) is 5.91 Å². The standard InChI is InChI=1S/C21H34N4O5S/c1-24(9-10-29-2)8-3-11-31(27,28)25-17-6-7-18(25)13-16(12-17)22-21(26)19-14-20(30-23-19)15-4-5-15/h14-18H,3-13H2,1-2H3,(H,22,26)/t16?,17-,18+. The molecule has 0 spiro atoms. The molecule has 1 N–H and O–H groups in total. The molecule has 4 rings (SSSR count).